The summed E-state index contributed by atoms with van der Waals surface area (Å²) >= 11 is 0. The zero-order valence-electron chi connectivity index (χ0n) is 15.4. The number of carbonyl (C=O) groups is 1. The first-order valence-corrected chi connectivity index (χ1v) is 9.01. The van der Waals surface area contributed by atoms with Gasteiger partial charge in [-0.3, -0.25) is 9.89 Å². The zero-order valence-corrected chi connectivity index (χ0v) is 15.4. The lowest BCUT2D eigenvalue weighted by atomic mass is 9.91. The van der Waals surface area contributed by atoms with Gasteiger partial charge in [0.2, 0.25) is 0 Å². The van der Waals surface area contributed by atoms with Gasteiger partial charge >= 0.3 is 0 Å². The van der Waals surface area contributed by atoms with Crippen LogP contribution in [0.2, 0.25) is 0 Å². The number of nitrogens with one attached hydrogen (secondary N) is 1. The van der Waals surface area contributed by atoms with Gasteiger partial charge in [-0.05, 0) is 37.1 Å². The fourth-order valence-electron chi connectivity index (χ4n) is 3.70. The molecule has 1 saturated heterocycles. The summed E-state index contributed by atoms with van der Waals surface area (Å²) in [7, 11) is 3.16. The first-order valence-electron chi connectivity index (χ1n) is 9.01. The molecule has 7 nitrogen and oxygen atoms in total. The lowest BCUT2D eigenvalue weighted by Gasteiger charge is -2.32. The van der Waals surface area contributed by atoms with Crippen LogP contribution in [0.5, 0.6) is 11.5 Å². The maximum absolute atomic E-state index is 13.0. The van der Waals surface area contributed by atoms with Crippen LogP contribution < -0.4 is 9.47 Å². The van der Waals surface area contributed by atoms with Crippen LogP contribution in [0, 0.1) is 0 Å². The fraction of sp³-hybridized carbons (Fsp3) is 0.350. The minimum absolute atomic E-state index is 0.0101. The number of hydrogen-bond acceptors (Lipinski definition) is 5. The van der Waals surface area contributed by atoms with E-state index in [0.717, 1.165) is 29.6 Å². The summed E-state index contributed by atoms with van der Waals surface area (Å²) in [5.41, 5.74) is 2.43. The highest BCUT2D eigenvalue weighted by Crippen LogP contribution is 2.32. The summed E-state index contributed by atoms with van der Waals surface area (Å²) in [4.78, 5) is 19.1. The largest absolute Gasteiger partial charge is 0.497 e. The van der Waals surface area contributed by atoms with Crippen molar-refractivity contribution in [2.24, 2.45) is 0 Å². The molecule has 1 aliphatic rings. The van der Waals surface area contributed by atoms with Gasteiger partial charge in [0.15, 0.2) is 5.65 Å². The Bertz CT molecular complexity index is 961. The summed E-state index contributed by atoms with van der Waals surface area (Å²) in [5, 5.41) is 8.50. The van der Waals surface area contributed by atoms with Crippen molar-refractivity contribution in [3.05, 3.63) is 47.8 Å². The van der Waals surface area contributed by atoms with Gasteiger partial charge in [0.25, 0.3) is 5.91 Å². The van der Waals surface area contributed by atoms with Gasteiger partial charge in [-0.2, -0.15) is 5.10 Å². The highest BCUT2D eigenvalue weighted by Gasteiger charge is 2.28. The first-order chi connectivity index (χ1) is 13.2. The lowest BCUT2D eigenvalue weighted by Crippen LogP contribution is -2.38. The molecule has 0 saturated carbocycles. The van der Waals surface area contributed by atoms with Crippen LogP contribution in [0.25, 0.3) is 11.0 Å². The number of ether oxygens (including phenoxy) is 2. The first kappa shape index (κ1) is 17.3. The van der Waals surface area contributed by atoms with Crippen molar-refractivity contribution in [2.45, 2.75) is 18.8 Å². The molecule has 3 aromatic rings. The van der Waals surface area contributed by atoms with E-state index in [9.17, 15) is 4.79 Å². The van der Waals surface area contributed by atoms with Crippen LogP contribution in [0.15, 0.2) is 36.5 Å². The molecule has 1 fully saturated rings. The third-order valence-electron chi connectivity index (χ3n) is 5.19. The molecule has 27 heavy (non-hydrogen) atoms. The second-order valence-corrected chi connectivity index (χ2v) is 6.64. The number of benzene rings is 1. The second-order valence-electron chi connectivity index (χ2n) is 6.64. The van der Waals surface area contributed by atoms with E-state index in [1.807, 2.05) is 17.0 Å². The van der Waals surface area contributed by atoms with E-state index in [0.29, 0.717) is 36.1 Å². The normalized spacial score (nSPS) is 15.1. The topological polar surface area (TPSA) is 80.3 Å². The minimum atomic E-state index is -0.0101. The number of piperidine rings is 1. The maximum Gasteiger partial charge on any atom is 0.257 e. The molecule has 7 heteroatoms. The average molecular weight is 366 g/mol. The van der Waals surface area contributed by atoms with E-state index in [2.05, 4.69) is 15.2 Å². The minimum Gasteiger partial charge on any atom is -0.497 e. The standard InChI is InChI=1S/C20H22N4O3/c1-26-14-5-6-15(17(12-14)27-2)20(25)24-10-7-13(8-11-24)18-16-4-3-9-21-19(16)23-22-18/h3-6,9,12-13H,7-8,10-11H2,1-2H3,(H,21,22,23). The molecule has 0 atom stereocenters. The molecule has 4 rings (SSSR count). The van der Waals surface area contributed by atoms with Gasteiger partial charge in [0.05, 0.1) is 19.8 Å². The van der Waals surface area contributed by atoms with Crippen LogP contribution in [0.4, 0.5) is 0 Å². The second kappa shape index (κ2) is 7.26. The van der Waals surface area contributed by atoms with Crippen LogP contribution in [0.1, 0.15) is 34.8 Å². The van der Waals surface area contributed by atoms with Crippen molar-refractivity contribution in [1.29, 1.82) is 0 Å². The van der Waals surface area contributed by atoms with Gasteiger partial charge in [-0.25, -0.2) is 4.98 Å². The number of nitrogens with zero attached hydrogens (tertiary/aromatic N) is 3. The van der Waals surface area contributed by atoms with E-state index >= 15 is 0 Å². The van der Waals surface area contributed by atoms with Crippen molar-refractivity contribution < 1.29 is 14.3 Å². The molecule has 140 valence electrons. The molecule has 0 unspecified atom stereocenters. The van der Waals surface area contributed by atoms with Crippen LogP contribution in [0.3, 0.4) is 0 Å². The van der Waals surface area contributed by atoms with Gasteiger partial charge in [-0.1, -0.05) is 0 Å². The summed E-state index contributed by atoms with van der Waals surface area (Å²) in [6, 6.07) is 9.26. The van der Waals surface area contributed by atoms with E-state index in [1.54, 1.807) is 38.6 Å². The number of H-pyrrole nitrogens is 1. The Morgan fingerprint density at radius 2 is 2.00 bits per heavy atom. The van der Waals surface area contributed by atoms with Crippen molar-refractivity contribution in [1.82, 2.24) is 20.1 Å². The van der Waals surface area contributed by atoms with Gasteiger partial charge < -0.3 is 14.4 Å². The lowest BCUT2D eigenvalue weighted by molar-refractivity contribution is 0.0709. The number of fused-ring (bicyclic) bond motifs is 1. The van der Waals surface area contributed by atoms with Crippen molar-refractivity contribution in [3.63, 3.8) is 0 Å². The Morgan fingerprint density at radius 1 is 1.19 bits per heavy atom. The summed E-state index contributed by atoms with van der Waals surface area (Å²) in [6.07, 6.45) is 3.52. The Balaban J connectivity index is 1.48. The van der Waals surface area contributed by atoms with Crippen molar-refractivity contribution >= 4 is 16.9 Å². The molecular formula is C20H22N4O3. The number of methoxy groups -OCH3 is 2. The Labute approximate surface area is 157 Å². The number of aromatic amines is 1. The molecule has 1 aliphatic heterocycles. The molecule has 3 heterocycles. The zero-order chi connectivity index (χ0) is 18.8. The number of pyridine rings is 1. The smallest absolute Gasteiger partial charge is 0.257 e. The third-order valence-corrected chi connectivity index (χ3v) is 5.19. The number of aromatic nitrogens is 3. The van der Waals surface area contributed by atoms with Crippen LogP contribution >= 0.6 is 0 Å². The molecule has 2 aromatic heterocycles. The van der Waals surface area contributed by atoms with Crippen molar-refractivity contribution in [2.75, 3.05) is 27.3 Å². The number of hydrogen-bond donors (Lipinski definition) is 1. The molecule has 0 bridgehead atoms. The molecular weight excluding hydrogens is 344 g/mol. The van der Waals surface area contributed by atoms with Crippen molar-refractivity contribution in [3.8, 4) is 11.5 Å². The predicted octanol–water partition coefficient (Wildman–Crippen LogP) is 2.99. The molecule has 1 N–H and O–H groups in total. The fourth-order valence-corrected chi connectivity index (χ4v) is 3.70. The molecule has 0 spiro atoms. The Hall–Kier alpha value is -3.09. The Kier molecular flexibility index (Phi) is 4.66. The quantitative estimate of drug-likeness (QED) is 0.768. The van der Waals surface area contributed by atoms with Gasteiger partial charge in [0.1, 0.15) is 11.5 Å². The SMILES string of the molecule is COc1ccc(C(=O)N2CCC(c3[nH]nc4ncccc34)CC2)c(OC)c1. The highest BCUT2D eigenvalue weighted by atomic mass is 16.5. The van der Waals surface area contributed by atoms with Crippen LogP contribution in [-0.4, -0.2) is 53.3 Å². The number of likely N-dealkylation sites (tertiary alicyclic amines) is 1. The molecule has 0 aliphatic carbocycles. The van der Waals surface area contributed by atoms with E-state index in [-0.39, 0.29) is 5.91 Å². The summed E-state index contributed by atoms with van der Waals surface area (Å²) in [5.74, 6) is 1.54. The van der Waals surface area contributed by atoms with Gasteiger partial charge in [0, 0.05) is 42.4 Å². The Morgan fingerprint density at radius 3 is 2.74 bits per heavy atom. The summed E-state index contributed by atoms with van der Waals surface area (Å²) in [6.45, 7) is 1.39. The predicted molar refractivity (Wildman–Crippen MR) is 101 cm³/mol. The molecule has 1 aromatic carbocycles. The maximum atomic E-state index is 13.0. The third kappa shape index (κ3) is 3.20. The number of carbonyl (C=O) groups excluding carboxylic acids is 1. The van der Waals surface area contributed by atoms with E-state index < -0.39 is 0 Å². The summed E-state index contributed by atoms with van der Waals surface area (Å²) < 4.78 is 10.6. The molecule has 1 amide bonds. The van der Waals surface area contributed by atoms with Gasteiger partial charge in [-0.15, -0.1) is 0 Å². The van der Waals surface area contributed by atoms with E-state index in [1.165, 1.54) is 0 Å². The number of amides is 1. The van der Waals surface area contributed by atoms with E-state index in [4.69, 9.17) is 9.47 Å². The van der Waals surface area contributed by atoms with Crippen LogP contribution in [-0.2, 0) is 0 Å². The highest BCUT2D eigenvalue weighted by molar-refractivity contribution is 5.97. The monoisotopic (exact) mass is 366 g/mol. The molecule has 0 radical (unpaired) electrons. The average Bonchev–Trinajstić information content (AvgIpc) is 3.17. The number of rotatable bonds is 4.